The minimum Gasteiger partial charge on any atom is -0.338 e. The van der Waals surface area contributed by atoms with Crippen LogP contribution in [-0.2, 0) is 4.79 Å². The van der Waals surface area contributed by atoms with Gasteiger partial charge in [0.1, 0.15) is 5.54 Å². The van der Waals surface area contributed by atoms with Gasteiger partial charge in [-0.25, -0.2) is 0 Å². The summed E-state index contributed by atoms with van der Waals surface area (Å²) in [4.78, 5) is 11.4. The molecule has 0 rings (SSSR count). The van der Waals surface area contributed by atoms with Gasteiger partial charge in [0, 0.05) is 5.92 Å². The molecule has 0 saturated carbocycles. The van der Waals surface area contributed by atoms with Crippen LogP contribution < -0.4 is 5.32 Å². The molecule has 0 aromatic rings. The van der Waals surface area contributed by atoms with Crippen LogP contribution in [0.2, 0.25) is 0 Å². The Hall–Kier alpha value is -1.04. The zero-order chi connectivity index (χ0) is 10.5. The van der Waals surface area contributed by atoms with E-state index >= 15 is 0 Å². The normalized spacial score (nSPS) is 11.1. The third kappa shape index (κ3) is 3.06. The van der Waals surface area contributed by atoms with Gasteiger partial charge in [0.15, 0.2) is 0 Å². The van der Waals surface area contributed by atoms with Crippen molar-refractivity contribution in [2.75, 3.05) is 0 Å². The summed E-state index contributed by atoms with van der Waals surface area (Å²) < 4.78 is 0. The van der Waals surface area contributed by atoms with Crippen molar-refractivity contribution in [2.45, 2.75) is 46.1 Å². The lowest BCUT2D eigenvalue weighted by Gasteiger charge is -2.25. The molecular formula is C10H18N2O. The zero-order valence-electron chi connectivity index (χ0n) is 8.85. The first-order chi connectivity index (χ1) is 6.01. The van der Waals surface area contributed by atoms with Crippen molar-refractivity contribution in [1.29, 1.82) is 5.26 Å². The van der Waals surface area contributed by atoms with Crippen molar-refractivity contribution in [1.82, 2.24) is 5.32 Å². The van der Waals surface area contributed by atoms with E-state index in [1.807, 2.05) is 27.7 Å². The van der Waals surface area contributed by atoms with Gasteiger partial charge < -0.3 is 5.32 Å². The highest BCUT2D eigenvalue weighted by Crippen LogP contribution is 2.14. The van der Waals surface area contributed by atoms with Crippen molar-refractivity contribution < 1.29 is 4.79 Å². The fourth-order valence-corrected chi connectivity index (χ4v) is 0.993. The van der Waals surface area contributed by atoms with E-state index in [1.165, 1.54) is 0 Å². The molecule has 13 heavy (non-hydrogen) atoms. The van der Waals surface area contributed by atoms with Crippen LogP contribution in [0.3, 0.4) is 0 Å². The fraction of sp³-hybridized carbons (Fsp3) is 0.800. The number of rotatable bonds is 4. The Morgan fingerprint density at radius 1 is 1.46 bits per heavy atom. The molecule has 1 N–H and O–H groups in total. The highest BCUT2D eigenvalue weighted by Gasteiger charge is 2.28. The van der Waals surface area contributed by atoms with Crippen LogP contribution in [0.15, 0.2) is 0 Å². The summed E-state index contributed by atoms with van der Waals surface area (Å²) in [7, 11) is 0. The van der Waals surface area contributed by atoms with E-state index < -0.39 is 5.54 Å². The van der Waals surface area contributed by atoms with Gasteiger partial charge in [-0.2, -0.15) is 5.26 Å². The third-order valence-corrected chi connectivity index (χ3v) is 2.31. The molecule has 0 aliphatic rings. The molecule has 0 aromatic carbocycles. The van der Waals surface area contributed by atoms with Crippen molar-refractivity contribution >= 4 is 5.91 Å². The lowest BCUT2D eigenvalue weighted by molar-refractivity contribution is -0.125. The van der Waals surface area contributed by atoms with Crippen LogP contribution in [-0.4, -0.2) is 11.4 Å². The van der Waals surface area contributed by atoms with Gasteiger partial charge in [-0.1, -0.05) is 27.7 Å². The van der Waals surface area contributed by atoms with Crippen molar-refractivity contribution in [3.63, 3.8) is 0 Å². The van der Waals surface area contributed by atoms with Crippen molar-refractivity contribution in [3.05, 3.63) is 0 Å². The molecule has 3 heteroatoms. The highest BCUT2D eigenvalue weighted by molar-refractivity contribution is 5.79. The molecule has 0 saturated heterocycles. The lowest BCUT2D eigenvalue weighted by Crippen LogP contribution is -2.47. The van der Waals surface area contributed by atoms with E-state index in [-0.39, 0.29) is 11.8 Å². The average molecular weight is 182 g/mol. The van der Waals surface area contributed by atoms with Crippen molar-refractivity contribution in [3.8, 4) is 6.07 Å². The molecule has 0 unspecified atom stereocenters. The third-order valence-electron chi connectivity index (χ3n) is 2.31. The Morgan fingerprint density at radius 2 is 1.92 bits per heavy atom. The first-order valence-corrected chi connectivity index (χ1v) is 4.74. The maximum Gasteiger partial charge on any atom is 0.223 e. The monoisotopic (exact) mass is 182 g/mol. The number of nitrogens with one attached hydrogen (secondary N) is 1. The number of hydrogen-bond acceptors (Lipinski definition) is 2. The van der Waals surface area contributed by atoms with Gasteiger partial charge in [0.05, 0.1) is 6.07 Å². The minimum absolute atomic E-state index is 0.0507. The maximum absolute atomic E-state index is 11.4. The maximum atomic E-state index is 11.4. The quantitative estimate of drug-likeness (QED) is 0.721. The molecule has 0 aliphatic carbocycles. The van der Waals surface area contributed by atoms with E-state index in [1.54, 1.807) is 0 Å². The summed E-state index contributed by atoms with van der Waals surface area (Å²) in [6, 6.07) is 2.17. The Bertz CT molecular complexity index is 211. The molecule has 0 heterocycles. The molecule has 0 atom stereocenters. The SMILES string of the molecule is CCC(C#N)(CC)NC(=O)C(C)C. The second-order valence-electron chi connectivity index (χ2n) is 3.54. The number of hydrogen-bond donors (Lipinski definition) is 1. The van der Waals surface area contributed by atoms with Crippen molar-refractivity contribution in [2.24, 2.45) is 5.92 Å². The van der Waals surface area contributed by atoms with Gasteiger partial charge >= 0.3 is 0 Å². The second kappa shape index (κ2) is 4.86. The summed E-state index contributed by atoms with van der Waals surface area (Å²) in [6.07, 6.45) is 1.30. The number of carbonyl (C=O) groups excluding carboxylic acids is 1. The Balaban J connectivity index is 4.45. The Labute approximate surface area is 80.1 Å². The molecule has 0 bridgehead atoms. The van der Waals surface area contributed by atoms with E-state index in [2.05, 4.69) is 11.4 Å². The average Bonchev–Trinajstić information content (AvgIpc) is 2.14. The van der Waals surface area contributed by atoms with Gasteiger partial charge in [-0.15, -0.1) is 0 Å². The molecule has 0 aliphatic heterocycles. The number of nitrogens with zero attached hydrogens (tertiary/aromatic N) is 1. The summed E-state index contributed by atoms with van der Waals surface area (Å²) in [5, 5.41) is 11.7. The second-order valence-corrected chi connectivity index (χ2v) is 3.54. The summed E-state index contributed by atoms with van der Waals surface area (Å²) in [6.45, 7) is 7.46. The van der Waals surface area contributed by atoms with Crippen LogP contribution in [0, 0.1) is 17.2 Å². The van der Waals surface area contributed by atoms with E-state index in [0.717, 1.165) is 0 Å². The van der Waals surface area contributed by atoms with E-state index in [9.17, 15) is 4.79 Å². The van der Waals surface area contributed by atoms with Crippen LogP contribution in [0.25, 0.3) is 0 Å². The fourth-order valence-electron chi connectivity index (χ4n) is 0.993. The molecular weight excluding hydrogens is 164 g/mol. The van der Waals surface area contributed by atoms with Gasteiger partial charge in [0.25, 0.3) is 0 Å². The van der Waals surface area contributed by atoms with Gasteiger partial charge in [0.2, 0.25) is 5.91 Å². The number of amides is 1. The summed E-state index contributed by atoms with van der Waals surface area (Å²) >= 11 is 0. The first kappa shape index (κ1) is 12.0. The molecule has 1 amide bonds. The molecule has 0 radical (unpaired) electrons. The molecule has 0 spiro atoms. The molecule has 74 valence electrons. The summed E-state index contributed by atoms with van der Waals surface area (Å²) in [5.41, 5.74) is -0.665. The van der Waals surface area contributed by atoms with Gasteiger partial charge in [-0.3, -0.25) is 4.79 Å². The smallest absolute Gasteiger partial charge is 0.223 e. The minimum atomic E-state index is -0.665. The standard InChI is InChI=1S/C10H18N2O/c1-5-10(6-2,7-11)12-9(13)8(3)4/h8H,5-6H2,1-4H3,(H,12,13). The predicted molar refractivity (Wildman–Crippen MR) is 51.9 cm³/mol. The lowest BCUT2D eigenvalue weighted by atomic mass is 9.94. The van der Waals surface area contributed by atoms with Crippen LogP contribution >= 0.6 is 0 Å². The first-order valence-electron chi connectivity index (χ1n) is 4.74. The number of carbonyl (C=O) groups is 1. The van der Waals surface area contributed by atoms with E-state index in [4.69, 9.17) is 5.26 Å². The van der Waals surface area contributed by atoms with Crippen LogP contribution in [0.4, 0.5) is 0 Å². The van der Waals surface area contributed by atoms with Crippen LogP contribution in [0.5, 0.6) is 0 Å². The largest absolute Gasteiger partial charge is 0.338 e. The Kier molecular flexibility index (Phi) is 4.47. The predicted octanol–water partition coefficient (Wildman–Crippen LogP) is 1.84. The molecule has 0 fully saturated rings. The molecule has 3 nitrogen and oxygen atoms in total. The number of nitriles is 1. The zero-order valence-corrected chi connectivity index (χ0v) is 8.85. The summed E-state index contributed by atoms with van der Waals surface area (Å²) in [5.74, 6) is -0.115. The Morgan fingerprint density at radius 3 is 2.15 bits per heavy atom. The topological polar surface area (TPSA) is 52.9 Å². The highest BCUT2D eigenvalue weighted by atomic mass is 16.2. The van der Waals surface area contributed by atoms with Crippen LogP contribution in [0.1, 0.15) is 40.5 Å². The van der Waals surface area contributed by atoms with E-state index in [0.29, 0.717) is 12.8 Å². The van der Waals surface area contributed by atoms with Gasteiger partial charge in [-0.05, 0) is 12.8 Å². The molecule has 0 aromatic heterocycles.